The molecule has 3 heteroatoms. The SMILES string of the molecule is CC1=NCC(C)(C)CN1F. The van der Waals surface area contributed by atoms with Gasteiger partial charge in [-0.15, -0.1) is 0 Å². The van der Waals surface area contributed by atoms with Crippen LogP contribution in [0.1, 0.15) is 20.8 Å². The minimum absolute atomic E-state index is 0.00569. The smallest absolute Gasteiger partial charge is 0.125 e. The molecule has 0 spiro atoms. The fourth-order valence-corrected chi connectivity index (χ4v) is 0.945. The molecule has 0 aromatic rings. The molecular formula is C7H13FN2. The lowest BCUT2D eigenvalue weighted by molar-refractivity contribution is 0.0615. The number of rotatable bonds is 0. The number of nitrogens with zero attached hydrogens (tertiary/aromatic N) is 2. The highest BCUT2D eigenvalue weighted by molar-refractivity contribution is 5.79. The van der Waals surface area contributed by atoms with Crippen LogP contribution in [-0.4, -0.2) is 24.0 Å². The van der Waals surface area contributed by atoms with Gasteiger partial charge in [0.25, 0.3) is 0 Å². The van der Waals surface area contributed by atoms with Crippen LogP contribution in [0.3, 0.4) is 0 Å². The van der Waals surface area contributed by atoms with Crippen LogP contribution in [-0.2, 0) is 0 Å². The Balaban J connectivity index is 2.69. The van der Waals surface area contributed by atoms with Crippen molar-refractivity contribution in [3.63, 3.8) is 0 Å². The molecule has 0 saturated heterocycles. The predicted octanol–water partition coefficient (Wildman–Crippen LogP) is 1.63. The van der Waals surface area contributed by atoms with Crippen molar-refractivity contribution in [2.45, 2.75) is 20.8 Å². The Morgan fingerprint density at radius 3 is 2.60 bits per heavy atom. The zero-order chi connectivity index (χ0) is 7.78. The van der Waals surface area contributed by atoms with Crippen molar-refractivity contribution >= 4 is 5.84 Å². The van der Waals surface area contributed by atoms with E-state index >= 15 is 0 Å². The van der Waals surface area contributed by atoms with E-state index in [0.29, 0.717) is 17.5 Å². The lowest BCUT2D eigenvalue weighted by atomic mass is 9.92. The van der Waals surface area contributed by atoms with Crippen LogP contribution in [0.5, 0.6) is 0 Å². The van der Waals surface area contributed by atoms with Crippen LogP contribution in [0.4, 0.5) is 4.48 Å². The summed E-state index contributed by atoms with van der Waals surface area (Å²) in [6, 6.07) is 0. The number of halogens is 1. The molecule has 10 heavy (non-hydrogen) atoms. The van der Waals surface area contributed by atoms with Crippen molar-refractivity contribution in [2.24, 2.45) is 10.4 Å². The minimum atomic E-state index is -0.00569. The van der Waals surface area contributed by atoms with Crippen molar-refractivity contribution in [1.29, 1.82) is 0 Å². The Morgan fingerprint density at radius 1 is 1.60 bits per heavy atom. The number of hydrogen-bond donors (Lipinski definition) is 0. The van der Waals surface area contributed by atoms with Crippen LogP contribution in [0, 0.1) is 5.41 Å². The monoisotopic (exact) mass is 144 g/mol. The Kier molecular flexibility index (Phi) is 1.67. The molecule has 58 valence electrons. The van der Waals surface area contributed by atoms with E-state index in [1.165, 1.54) is 0 Å². The molecule has 1 aliphatic heterocycles. The van der Waals surface area contributed by atoms with Crippen LogP contribution < -0.4 is 0 Å². The molecule has 1 heterocycles. The van der Waals surface area contributed by atoms with E-state index < -0.39 is 0 Å². The van der Waals surface area contributed by atoms with Gasteiger partial charge in [-0.2, -0.15) is 5.12 Å². The van der Waals surface area contributed by atoms with E-state index in [9.17, 15) is 4.48 Å². The predicted molar refractivity (Wildman–Crippen MR) is 39.6 cm³/mol. The van der Waals surface area contributed by atoms with Crippen LogP contribution in [0.15, 0.2) is 4.99 Å². The summed E-state index contributed by atoms with van der Waals surface area (Å²) in [6.45, 7) is 6.90. The van der Waals surface area contributed by atoms with E-state index in [4.69, 9.17) is 0 Å². The van der Waals surface area contributed by atoms with Crippen LogP contribution in [0.2, 0.25) is 0 Å². The molecule has 0 radical (unpaired) electrons. The van der Waals surface area contributed by atoms with Crippen molar-refractivity contribution < 1.29 is 4.48 Å². The molecular weight excluding hydrogens is 131 g/mol. The standard InChI is InChI=1S/C7H13FN2/c1-6-9-4-7(2,3)5-10(6)8/h4-5H2,1-3H3. The maximum Gasteiger partial charge on any atom is 0.125 e. The van der Waals surface area contributed by atoms with E-state index in [-0.39, 0.29) is 5.41 Å². The first kappa shape index (κ1) is 7.51. The van der Waals surface area contributed by atoms with Gasteiger partial charge in [0.15, 0.2) is 0 Å². The quantitative estimate of drug-likeness (QED) is 0.472. The van der Waals surface area contributed by atoms with Gasteiger partial charge in [0, 0.05) is 12.0 Å². The molecule has 0 bridgehead atoms. The Bertz CT molecular complexity index is 163. The first-order valence-corrected chi connectivity index (χ1v) is 3.46. The maximum absolute atomic E-state index is 12.8. The topological polar surface area (TPSA) is 15.6 Å². The molecule has 0 aromatic heterocycles. The average Bonchev–Trinajstić information content (AvgIpc) is 1.79. The van der Waals surface area contributed by atoms with Crippen molar-refractivity contribution in [2.75, 3.05) is 13.1 Å². The minimum Gasteiger partial charge on any atom is -0.270 e. The summed E-state index contributed by atoms with van der Waals surface area (Å²) in [4.78, 5) is 4.03. The van der Waals surface area contributed by atoms with Gasteiger partial charge in [0.05, 0.1) is 6.54 Å². The van der Waals surface area contributed by atoms with Gasteiger partial charge in [-0.25, -0.2) is 0 Å². The first-order chi connectivity index (χ1) is 4.51. The molecule has 1 aliphatic rings. The maximum atomic E-state index is 12.8. The lowest BCUT2D eigenvalue weighted by Crippen LogP contribution is -2.38. The molecule has 2 nitrogen and oxygen atoms in total. The highest BCUT2D eigenvalue weighted by Gasteiger charge is 2.26. The average molecular weight is 144 g/mol. The Labute approximate surface area is 60.7 Å². The first-order valence-electron chi connectivity index (χ1n) is 3.46. The lowest BCUT2D eigenvalue weighted by Gasteiger charge is -2.31. The fourth-order valence-electron chi connectivity index (χ4n) is 0.945. The second-order valence-electron chi connectivity index (χ2n) is 3.55. The van der Waals surface area contributed by atoms with Crippen LogP contribution in [0.25, 0.3) is 0 Å². The number of amidine groups is 1. The van der Waals surface area contributed by atoms with E-state index in [0.717, 1.165) is 6.54 Å². The van der Waals surface area contributed by atoms with Gasteiger partial charge in [-0.05, 0) is 6.92 Å². The Morgan fingerprint density at radius 2 is 2.20 bits per heavy atom. The Hall–Kier alpha value is -0.600. The summed E-state index contributed by atoms with van der Waals surface area (Å²) in [6.07, 6.45) is 0. The molecule has 0 unspecified atom stereocenters. The molecule has 0 amide bonds. The molecule has 0 N–H and O–H groups in total. The van der Waals surface area contributed by atoms with Crippen molar-refractivity contribution in [3.05, 3.63) is 0 Å². The third kappa shape index (κ3) is 1.46. The van der Waals surface area contributed by atoms with E-state index in [2.05, 4.69) is 4.99 Å². The number of aliphatic imine (C=N–C) groups is 1. The van der Waals surface area contributed by atoms with Gasteiger partial charge < -0.3 is 0 Å². The van der Waals surface area contributed by atoms with Gasteiger partial charge in [-0.1, -0.05) is 18.3 Å². The summed E-state index contributed by atoms with van der Waals surface area (Å²) >= 11 is 0. The third-order valence-electron chi connectivity index (χ3n) is 1.65. The van der Waals surface area contributed by atoms with Gasteiger partial charge in [-0.3, -0.25) is 4.99 Å². The van der Waals surface area contributed by atoms with E-state index in [1.54, 1.807) is 6.92 Å². The highest BCUT2D eigenvalue weighted by atomic mass is 19.2. The molecule has 0 atom stereocenters. The summed E-state index contributed by atoms with van der Waals surface area (Å²) < 4.78 is 12.8. The molecule has 0 saturated carbocycles. The zero-order valence-electron chi connectivity index (χ0n) is 6.69. The summed E-state index contributed by atoms with van der Waals surface area (Å²) in [7, 11) is 0. The molecule has 0 aromatic carbocycles. The van der Waals surface area contributed by atoms with Crippen molar-refractivity contribution in [3.8, 4) is 0 Å². The fraction of sp³-hybridized carbons (Fsp3) is 0.857. The van der Waals surface area contributed by atoms with Gasteiger partial charge in [0.2, 0.25) is 0 Å². The van der Waals surface area contributed by atoms with Crippen molar-refractivity contribution in [1.82, 2.24) is 5.12 Å². The van der Waals surface area contributed by atoms with Gasteiger partial charge >= 0.3 is 0 Å². The number of hydrogen-bond acceptors (Lipinski definition) is 2. The van der Waals surface area contributed by atoms with Gasteiger partial charge in [0.1, 0.15) is 5.84 Å². The molecule has 0 aliphatic carbocycles. The van der Waals surface area contributed by atoms with E-state index in [1.807, 2.05) is 13.8 Å². The molecule has 0 fully saturated rings. The summed E-state index contributed by atoms with van der Waals surface area (Å²) in [5.74, 6) is 0.499. The third-order valence-corrected chi connectivity index (χ3v) is 1.65. The molecule has 1 rings (SSSR count). The summed E-state index contributed by atoms with van der Waals surface area (Å²) in [5, 5.41) is 0.712. The summed E-state index contributed by atoms with van der Waals surface area (Å²) in [5.41, 5.74) is -0.00569. The van der Waals surface area contributed by atoms with Crippen LogP contribution >= 0.6 is 0 Å². The normalized spacial score (nSPS) is 24.4. The highest BCUT2D eigenvalue weighted by Crippen LogP contribution is 2.21. The largest absolute Gasteiger partial charge is 0.270 e. The zero-order valence-corrected chi connectivity index (χ0v) is 6.69. The second kappa shape index (κ2) is 2.22. The second-order valence-corrected chi connectivity index (χ2v) is 3.55.